The van der Waals surface area contributed by atoms with Crippen molar-refractivity contribution in [3.05, 3.63) is 0 Å². The van der Waals surface area contributed by atoms with E-state index in [-0.39, 0.29) is 12.6 Å². The molecule has 1 heterocycles. The lowest BCUT2D eigenvalue weighted by Gasteiger charge is -2.27. The van der Waals surface area contributed by atoms with E-state index in [4.69, 9.17) is 23.8 Å². The molecule has 25 heavy (non-hydrogen) atoms. The van der Waals surface area contributed by atoms with Crippen molar-refractivity contribution in [1.82, 2.24) is 5.06 Å². The molecular weight excluding hydrogens is 330 g/mol. The second-order valence-electron chi connectivity index (χ2n) is 8.38. The predicted octanol–water partition coefficient (Wildman–Crippen LogP) is 3.63. The number of carbonyl (C=O) groups excluding carboxylic acids is 2. The number of nitrogens with zero attached hydrogens (tertiary/aromatic N) is 1. The topological polar surface area (TPSA) is 83.5 Å². The molecule has 0 aromatic carbocycles. The molecule has 1 aliphatic heterocycles. The van der Waals surface area contributed by atoms with E-state index >= 15 is 0 Å². The number of rotatable bonds is 3. The van der Waals surface area contributed by atoms with Gasteiger partial charge in [-0.2, -0.15) is 0 Å². The van der Waals surface area contributed by atoms with E-state index in [9.17, 15) is 9.59 Å². The van der Waals surface area contributed by atoms with Crippen LogP contribution in [-0.4, -0.2) is 53.6 Å². The number of ether oxygens (including phenoxy) is 4. The largest absolute Gasteiger partial charge is 0.534 e. The summed E-state index contributed by atoms with van der Waals surface area (Å²) in [4.78, 5) is 29.2. The second kappa shape index (κ2) is 7.78. The van der Waals surface area contributed by atoms with E-state index < -0.39 is 29.2 Å². The van der Waals surface area contributed by atoms with Crippen LogP contribution in [0.15, 0.2) is 0 Å². The van der Waals surface area contributed by atoms with E-state index in [0.29, 0.717) is 13.0 Å². The molecule has 0 bridgehead atoms. The van der Waals surface area contributed by atoms with Crippen LogP contribution < -0.4 is 0 Å². The number of hydrogen-bond donors (Lipinski definition) is 0. The summed E-state index contributed by atoms with van der Waals surface area (Å²) in [6.45, 7) is 14.4. The highest BCUT2D eigenvalue weighted by molar-refractivity contribution is 5.70. The van der Waals surface area contributed by atoms with Gasteiger partial charge in [0.05, 0.1) is 19.3 Å². The highest BCUT2D eigenvalue weighted by Gasteiger charge is 2.34. The Kier molecular flexibility index (Phi) is 6.69. The Balaban J connectivity index is 2.67. The summed E-state index contributed by atoms with van der Waals surface area (Å²) < 4.78 is 21.5. The molecule has 1 amide bonds. The molecule has 1 unspecified atom stereocenters. The number of hydroxylamine groups is 2. The molecule has 1 saturated heterocycles. The Morgan fingerprint density at radius 2 is 1.64 bits per heavy atom. The quantitative estimate of drug-likeness (QED) is 0.560. The van der Waals surface area contributed by atoms with Gasteiger partial charge in [-0.05, 0) is 61.8 Å². The van der Waals surface area contributed by atoms with Crippen LogP contribution in [0.4, 0.5) is 9.59 Å². The van der Waals surface area contributed by atoms with E-state index in [1.54, 1.807) is 41.5 Å². The summed E-state index contributed by atoms with van der Waals surface area (Å²) in [6.07, 6.45) is -1.52. The van der Waals surface area contributed by atoms with Crippen LogP contribution in [0.5, 0.6) is 0 Å². The standard InChI is InChI=1S/C17H31NO7/c1-15(2,3)23-13(19)18(25-14(20)24-16(4,5)6)10-9-12-11-21-17(7,8)22-12/h12H,9-11H2,1-8H3. The lowest BCUT2D eigenvalue weighted by Crippen LogP contribution is -2.41. The average molecular weight is 361 g/mol. The number of carbonyl (C=O) groups is 2. The fourth-order valence-corrected chi connectivity index (χ4v) is 2.01. The molecule has 0 aliphatic carbocycles. The van der Waals surface area contributed by atoms with Gasteiger partial charge in [0.15, 0.2) is 5.79 Å². The molecule has 1 aliphatic rings. The zero-order valence-corrected chi connectivity index (χ0v) is 16.5. The highest BCUT2D eigenvalue weighted by Crippen LogP contribution is 2.24. The van der Waals surface area contributed by atoms with Crippen molar-refractivity contribution in [2.75, 3.05) is 13.2 Å². The van der Waals surface area contributed by atoms with Gasteiger partial charge >= 0.3 is 12.2 Å². The maximum absolute atomic E-state index is 12.3. The first-order valence-corrected chi connectivity index (χ1v) is 8.40. The first kappa shape index (κ1) is 21.5. The molecule has 8 nitrogen and oxygen atoms in total. The van der Waals surface area contributed by atoms with Crippen LogP contribution in [0.2, 0.25) is 0 Å². The summed E-state index contributed by atoms with van der Waals surface area (Å²) in [6, 6.07) is 0. The van der Waals surface area contributed by atoms with Gasteiger partial charge in [0.25, 0.3) is 0 Å². The third-order valence-electron chi connectivity index (χ3n) is 2.89. The van der Waals surface area contributed by atoms with Gasteiger partial charge in [0.1, 0.15) is 11.2 Å². The fraction of sp³-hybridized carbons (Fsp3) is 0.882. The zero-order valence-electron chi connectivity index (χ0n) is 16.5. The predicted molar refractivity (Wildman–Crippen MR) is 89.8 cm³/mol. The summed E-state index contributed by atoms with van der Waals surface area (Å²) in [5.74, 6) is -0.659. The first-order chi connectivity index (χ1) is 11.2. The Bertz CT molecular complexity index is 476. The van der Waals surface area contributed by atoms with Crippen molar-refractivity contribution in [2.45, 2.75) is 84.9 Å². The van der Waals surface area contributed by atoms with Gasteiger partial charge in [-0.3, -0.25) is 0 Å². The van der Waals surface area contributed by atoms with Gasteiger partial charge in [-0.15, -0.1) is 5.06 Å². The van der Waals surface area contributed by atoms with E-state index in [0.717, 1.165) is 5.06 Å². The van der Waals surface area contributed by atoms with Crippen molar-refractivity contribution in [3.8, 4) is 0 Å². The monoisotopic (exact) mass is 361 g/mol. The van der Waals surface area contributed by atoms with Crippen LogP contribution in [-0.2, 0) is 23.8 Å². The molecule has 0 saturated carbocycles. The highest BCUT2D eigenvalue weighted by atomic mass is 16.8. The minimum atomic E-state index is -0.970. The SMILES string of the molecule is CC(C)(C)OC(=O)ON(CCC1COC(C)(C)O1)C(=O)OC(C)(C)C. The van der Waals surface area contributed by atoms with Crippen LogP contribution in [0.25, 0.3) is 0 Å². The van der Waals surface area contributed by atoms with Gasteiger partial charge in [0, 0.05) is 0 Å². The van der Waals surface area contributed by atoms with Gasteiger partial charge in [0.2, 0.25) is 0 Å². The molecule has 1 fully saturated rings. The molecule has 0 aromatic heterocycles. The summed E-state index contributed by atoms with van der Waals surface area (Å²) >= 11 is 0. The molecule has 0 spiro atoms. The zero-order chi connectivity index (χ0) is 19.5. The lowest BCUT2D eigenvalue weighted by molar-refractivity contribution is -0.151. The van der Waals surface area contributed by atoms with Crippen molar-refractivity contribution in [1.29, 1.82) is 0 Å². The maximum atomic E-state index is 12.3. The number of hydrogen-bond acceptors (Lipinski definition) is 7. The lowest BCUT2D eigenvalue weighted by atomic mass is 10.2. The second-order valence-corrected chi connectivity index (χ2v) is 8.38. The molecule has 1 rings (SSSR count). The van der Waals surface area contributed by atoms with Crippen molar-refractivity contribution >= 4 is 12.2 Å². The fourth-order valence-electron chi connectivity index (χ4n) is 2.01. The van der Waals surface area contributed by atoms with Crippen molar-refractivity contribution in [3.63, 3.8) is 0 Å². The minimum Gasteiger partial charge on any atom is -0.442 e. The smallest absolute Gasteiger partial charge is 0.442 e. The van der Waals surface area contributed by atoms with Crippen LogP contribution in [0, 0.1) is 0 Å². The summed E-state index contributed by atoms with van der Waals surface area (Å²) in [5, 5.41) is 0.855. The van der Waals surface area contributed by atoms with Gasteiger partial charge in [-0.1, -0.05) is 0 Å². The van der Waals surface area contributed by atoms with Crippen LogP contribution >= 0.6 is 0 Å². The Morgan fingerprint density at radius 3 is 2.08 bits per heavy atom. The third kappa shape index (κ3) is 8.92. The summed E-state index contributed by atoms with van der Waals surface area (Å²) in [7, 11) is 0. The molecule has 146 valence electrons. The number of amides is 1. The molecule has 8 heteroatoms. The molecule has 0 aromatic rings. The van der Waals surface area contributed by atoms with E-state index in [1.807, 2.05) is 13.8 Å². The first-order valence-electron chi connectivity index (χ1n) is 8.40. The normalized spacial score (nSPS) is 20.1. The van der Waals surface area contributed by atoms with Gasteiger partial charge < -0.3 is 23.8 Å². The average Bonchev–Trinajstić information content (AvgIpc) is 2.69. The van der Waals surface area contributed by atoms with Crippen molar-refractivity contribution < 1.29 is 33.4 Å². The Labute approximate surface area is 149 Å². The summed E-state index contributed by atoms with van der Waals surface area (Å²) in [5.41, 5.74) is -1.45. The minimum absolute atomic E-state index is 0.0955. The molecule has 0 N–H and O–H groups in total. The molecule has 0 radical (unpaired) electrons. The maximum Gasteiger partial charge on any atom is 0.534 e. The van der Waals surface area contributed by atoms with Crippen LogP contribution in [0.1, 0.15) is 61.8 Å². The van der Waals surface area contributed by atoms with E-state index in [2.05, 4.69) is 0 Å². The Morgan fingerprint density at radius 1 is 1.08 bits per heavy atom. The molecule has 1 atom stereocenters. The Hall–Kier alpha value is -1.54. The van der Waals surface area contributed by atoms with E-state index in [1.165, 1.54) is 0 Å². The van der Waals surface area contributed by atoms with Crippen molar-refractivity contribution in [2.24, 2.45) is 0 Å². The van der Waals surface area contributed by atoms with Gasteiger partial charge in [-0.25, -0.2) is 9.59 Å². The third-order valence-corrected chi connectivity index (χ3v) is 2.89. The molecular formula is C17H31NO7. The van der Waals surface area contributed by atoms with Crippen LogP contribution in [0.3, 0.4) is 0 Å².